The molecule has 5 heteroatoms. The fraction of sp³-hybridized carbons (Fsp3) is 0.556. The standard InChI is InChI=1S/C9H14ClN3O/c1-7-6-8(14-3)12-9(11-7)13(2)5-4-10/h6H,4-5H2,1-3H3. The first kappa shape index (κ1) is 11.0. The average Bonchev–Trinajstić information content (AvgIpc) is 2.17. The lowest BCUT2D eigenvalue weighted by atomic mass is 10.4. The number of aromatic nitrogens is 2. The number of aryl methyl sites for hydroxylation is 1. The molecule has 78 valence electrons. The van der Waals surface area contributed by atoms with E-state index in [4.69, 9.17) is 16.3 Å². The van der Waals surface area contributed by atoms with Crippen LogP contribution in [-0.4, -0.2) is 36.6 Å². The molecule has 4 nitrogen and oxygen atoms in total. The quantitative estimate of drug-likeness (QED) is 0.713. The molecule has 0 aliphatic carbocycles. The van der Waals surface area contributed by atoms with Crippen LogP contribution in [0.15, 0.2) is 6.07 Å². The summed E-state index contributed by atoms with van der Waals surface area (Å²) in [5, 5.41) is 0. The average molecular weight is 216 g/mol. The molecule has 1 aromatic rings. The molecule has 14 heavy (non-hydrogen) atoms. The van der Waals surface area contributed by atoms with E-state index in [1.54, 1.807) is 13.2 Å². The number of ether oxygens (including phenoxy) is 1. The van der Waals surface area contributed by atoms with Crippen molar-refractivity contribution in [3.05, 3.63) is 11.8 Å². The van der Waals surface area contributed by atoms with E-state index in [1.807, 2.05) is 18.9 Å². The summed E-state index contributed by atoms with van der Waals surface area (Å²) in [7, 11) is 3.49. The Morgan fingerprint density at radius 3 is 2.79 bits per heavy atom. The van der Waals surface area contributed by atoms with Crippen molar-refractivity contribution in [3.8, 4) is 5.88 Å². The Hall–Kier alpha value is -1.03. The highest BCUT2D eigenvalue weighted by Gasteiger charge is 2.06. The van der Waals surface area contributed by atoms with E-state index in [9.17, 15) is 0 Å². The molecule has 1 rings (SSSR count). The van der Waals surface area contributed by atoms with Crippen LogP contribution in [0.25, 0.3) is 0 Å². The molecule has 0 unspecified atom stereocenters. The maximum atomic E-state index is 5.63. The molecule has 0 aromatic carbocycles. The normalized spacial score (nSPS) is 10.0. The van der Waals surface area contributed by atoms with Crippen LogP contribution in [0.2, 0.25) is 0 Å². The van der Waals surface area contributed by atoms with E-state index in [-0.39, 0.29) is 0 Å². The SMILES string of the molecule is COc1cc(C)nc(N(C)CCCl)n1. The van der Waals surface area contributed by atoms with Gasteiger partial charge in [-0.1, -0.05) is 0 Å². The number of hydrogen-bond acceptors (Lipinski definition) is 4. The van der Waals surface area contributed by atoms with Crippen LogP contribution in [0.5, 0.6) is 5.88 Å². The van der Waals surface area contributed by atoms with Gasteiger partial charge in [-0.15, -0.1) is 11.6 Å². The van der Waals surface area contributed by atoms with Gasteiger partial charge in [-0.2, -0.15) is 4.98 Å². The van der Waals surface area contributed by atoms with Crippen molar-refractivity contribution >= 4 is 17.5 Å². The summed E-state index contributed by atoms with van der Waals surface area (Å²) in [6.45, 7) is 2.62. The third-order valence-electron chi connectivity index (χ3n) is 1.79. The van der Waals surface area contributed by atoms with E-state index in [2.05, 4.69) is 9.97 Å². The minimum Gasteiger partial charge on any atom is -0.481 e. The van der Waals surface area contributed by atoms with Crippen molar-refractivity contribution < 1.29 is 4.74 Å². The lowest BCUT2D eigenvalue weighted by Gasteiger charge is -2.16. The first-order chi connectivity index (χ1) is 6.67. The maximum Gasteiger partial charge on any atom is 0.228 e. The Bertz CT molecular complexity index is 306. The summed E-state index contributed by atoms with van der Waals surface area (Å²) in [4.78, 5) is 10.4. The summed E-state index contributed by atoms with van der Waals surface area (Å²) in [6, 6.07) is 1.79. The molecule has 0 saturated heterocycles. The molecule has 0 N–H and O–H groups in total. The van der Waals surface area contributed by atoms with Gasteiger partial charge in [0.15, 0.2) is 0 Å². The number of halogens is 1. The molecule has 0 amide bonds. The molecule has 0 spiro atoms. The lowest BCUT2D eigenvalue weighted by Crippen LogP contribution is -2.22. The Morgan fingerprint density at radius 1 is 1.50 bits per heavy atom. The van der Waals surface area contributed by atoms with Crippen LogP contribution in [0.3, 0.4) is 0 Å². The smallest absolute Gasteiger partial charge is 0.228 e. The van der Waals surface area contributed by atoms with E-state index >= 15 is 0 Å². The summed E-state index contributed by atoms with van der Waals surface area (Å²) in [5.74, 6) is 1.77. The van der Waals surface area contributed by atoms with E-state index in [0.29, 0.717) is 24.3 Å². The highest BCUT2D eigenvalue weighted by Crippen LogP contribution is 2.13. The second kappa shape index (κ2) is 5.00. The number of alkyl halides is 1. The summed E-state index contributed by atoms with van der Waals surface area (Å²) < 4.78 is 5.05. The molecule has 0 fully saturated rings. The molecule has 1 aromatic heterocycles. The van der Waals surface area contributed by atoms with Crippen LogP contribution in [0.4, 0.5) is 5.95 Å². The first-order valence-corrected chi connectivity index (χ1v) is 4.87. The van der Waals surface area contributed by atoms with Crippen molar-refractivity contribution in [3.63, 3.8) is 0 Å². The minimum atomic E-state index is 0.552. The van der Waals surface area contributed by atoms with Gasteiger partial charge in [-0.25, -0.2) is 4.98 Å². The Labute approximate surface area is 88.9 Å². The molecule has 1 heterocycles. The highest BCUT2D eigenvalue weighted by molar-refractivity contribution is 6.18. The highest BCUT2D eigenvalue weighted by atomic mass is 35.5. The zero-order valence-electron chi connectivity index (χ0n) is 8.62. The van der Waals surface area contributed by atoms with Crippen molar-refractivity contribution in [2.45, 2.75) is 6.92 Å². The van der Waals surface area contributed by atoms with E-state index < -0.39 is 0 Å². The van der Waals surface area contributed by atoms with Crippen molar-refractivity contribution in [2.24, 2.45) is 0 Å². The Balaban J connectivity index is 2.90. The van der Waals surface area contributed by atoms with Gasteiger partial charge in [0, 0.05) is 31.2 Å². The van der Waals surface area contributed by atoms with Crippen LogP contribution in [0.1, 0.15) is 5.69 Å². The Morgan fingerprint density at radius 2 is 2.21 bits per heavy atom. The van der Waals surface area contributed by atoms with Gasteiger partial charge in [0.05, 0.1) is 7.11 Å². The molecule has 0 aliphatic rings. The summed E-state index contributed by atoms with van der Waals surface area (Å²) in [5.41, 5.74) is 0.883. The van der Waals surface area contributed by atoms with Crippen LogP contribution in [0, 0.1) is 6.92 Å². The molecule has 0 bridgehead atoms. The molecular weight excluding hydrogens is 202 g/mol. The molecule has 0 atom stereocenters. The van der Waals surface area contributed by atoms with Crippen LogP contribution >= 0.6 is 11.6 Å². The first-order valence-electron chi connectivity index (χ1n) is 4.34. The van der Waals surface area contributed by atoms with Gasteiger partial charge in [-0.05, 0) is 6.92 Å². The number of hydrogen-bond donors (Lipinski definition) is 0. The predicted octanol–water partition coefficient (Wildman–Crippen LogP) is 1.47. The van der Waals surface area contributed by atoms with Gasteiger partial charge in [0.2, 0.25) is 11.8 Å². The third kappa shape index (κ3) is 2.73. The third-order valence-corrected chi connectivity index (χ3v) is 1.96. The fourth-order valence-electron chi connectivity index (χ4n) is 1.03. The zero-order valence-corrected chi connectivity index (χ0v) is 9.38. The van der Waals surface area contributed by atoms with Gasteiger partial charge in [-0.3, -0.25) is 0 Å². The minimum absolute atomic E-state index is 0.552. The van der Waals surface area contributed by atoms with E-state index in [0.717, 1.165) is 5.69 Å². The molecule has 0 aliphatic heterocycles. The van der Waals surface area contributed by atoms with E-state index in [1.165, 1.54) is 0 Å². The van der Waals surface area contributed by atoms with Crippen LogP contribution in [-0.2, 0) is 0 Å². The lowest BCUT2D eigenvalue weighted by molar-refractivity contribution is 0.396. The second-order valence-corrected chi connectivity index (χ2v) is 3.34. The molecule has 0 radical (unpaired) electrons. The summed E-state index contributed by atoms with van der Waals surface area (Å²) >= 11 is 5.63. The number of nitrogens with zero attached hydrogens (tertiary/aromatic N) is 3. The monoisotopic (exact) mass is 215 g/mol. The molecular formula is C9H14ClN3O. The maximum absolute atomic E-state index is 5.63. The van der Waals surface area contributed by atoms with Gasteiger partial charge in [0.25, 0.3) is 0 Å². The topological polar surface area (TPSA) is 38.2 Å². The molecule has 0 saturated carbocycles. The van der Waals surface area contributed by atoms with Gasteiger partial charge in [0.1, 0.15) is 0 Å². The number of methoxy groups -OCH3 is 1. The van der Waals surface area contributed by atoms with Gasteiger partial charge >= 0.3 is 0 Å². The second-order valence-electron chi connectivity index (χ2n) is 2.96. The largest absolute Gasteiger partial charge is 0.481 e. The zero-order chi connectivity index (χ0) is 10.6. The Kier molecular flexibility index (Phi) is 3.95. The predicted molar refractivity (Wildman–Crippen MR) is 57.3 cm³/mol. The van der Waals surface area contributed by atoms with Gasteiger partial charge < -0.3 is 9.64 Å². The summed E-state index contributed by atoms with van der Waals surface area (Å²) in [6.07, 6.45) is 0. The van der Waals surface area contributed by atoms with Crippen molar-refractivity contribution in [1.82, 2.24) is 9.97 Å². The number of rotatable bonds is 4. The fourth-order valence-corrected chi connectivity index (χ4v) is 1.28. The van der Waals surface area contributed by atoms with Crippen molar-refractivity contribution in [1.29, 1.82) is 0 Å². The van der Waals surface area contributed by atoms with Crippen LogP contribution < -0.4 is 9.64 Å². The van der Waals surface area contributed by atoms with Crippen molar-refractivity contribution in [2.75, 3.05) is 31.5 Å². The number of anilines is 1.